The lowest BCUT2D eigenvalue weighted by Gasteiger charge is -2.34. The van der Waals surface area contributed by atoms with Gasteiger partial charge >= 0.3 is 0 Å². The van der Waals surface area contributed by atoms with Gasteiger partial charge in [0.15, 0.2) is 6.61 Å². The molecule has 4 rings (SSSR count). The van der Waals surface area contributed by atoms with E-state index in [0.717, 1.165) is 49.2 Å². The van der Waals surface area contributed by atoms with Crippen molar-refractivity contribution in [1.29, 1.82) is 0 Å². The molecule has 32 heavy (non-hydrogen) atoms. The topological polar surface area (TPSA) is 70.6 Å². The molecule has 0 unspecified atom stereocenters. The molecule has 7 nitrogen and oxygen atoms in total. The van der Waals surface area contributed by atoms with Gasteiger partial charge < -0.3 is 15.0 Å². The van der Waals surface area contributed by atoms with Crippen molar-refractivity contribution in [1.82, 2.24) is 19.6 Å². The average Bonchev–Trinajstić information content (AvgIpc) is 3.29. The summed E-state index contributed by atoms with van der Waals surface area (Å²) in [7, 11) is 0. The summed E-state index contributed by atoms with van der Waals surface area (Å²) in [6.07, 6.45) is 0.602. The summed E-state index contributed by atoms with van der Waals surface area (Å²) in [6.45, 7) is 4.97. The fourth-order valence-corrected chi connectivity index (χ4v) is 4.20. The van der Waals surface area contributed by atoms with Crippen molar-refractivity contribution < 1.29 is 13.9 Å². The maximum absolute atomic E-state index is 13.1. The van der Waals surface area contributed by atoms with E-state index in [1.165, 1.54) is 23.7 Å². The van der Waals surface area contributed by atoms with Crippen LogP contribution in [-0.2, 0) is 11.2 Å². The van der Waals surface area contributed by atoms with Crippen LogP contribution in [0.25, 0.3) is 0 Å². The fraction of sp³-hybridized carbons (Fsp3) is 0.348. The van der Waals surface area contributed by atoms with Crippen LogP contribution >= 0.6 is 11.5 Å². The first-order valence-corrected chi connectivity index (χ1v) is 11.4. The highest BCUT2D eigenvalue weighted by molar-refractivity contribution is 7.09. The Balaban J connectivity index is 1.14. The van der Waals surface area contributed by atoms with Crippen molar-refractivity contribution in [2.24, 2.45) is 0 Å². The van der Waals surface area contributed by atoms with Gasteiger partial charge in [-0.15, -0.1) is 0 Å². The molecule has 0 radical (unpaired) electrons. The number of ether oxygens (including phenoxy) is 1. The first-order chi connectivity index (χ1) is 15.7. The molecule has 0 spiro atoms. The summed E-state index contributed by atoms with van der Waals surface area (Å²) in [6, 6.07) is 15.8. The van der Waals surface area contributed by atoms with Crippen molar-refractivity contribution in [3.63, 3.8) is 0 Å². The highest BCUT2D eigenvalue weighted by Crippen LogP contribution is 2.20. The van der Waals surface area contributed by atoms with Gasteiger partial charge in [0.1, 0.15) is 17.4 Å². The van der Waals surface area contributed by atoms with Crippen LogP contribution in [0.3, 0.4) is 0 Å². The molecule has 1 saturated heterocycles. The minimum atomic E-state index is -0.237. The number of aromatic nitrogens is 2. The van der Waals surface area contributed by atoms with Gasteiger partial charge in [-0.05, 0) is 29.8 Å². The van der Waals surface area contributed by atoms with Crippen LogP contribution in [0, 0.1) is 5.82 Å². The maximum atomic E-state index is 13.1. The second kappa shape index (κ2) is 11.0. The Bertz CT molecular complexity index is 991. The lowest BCUT2D eigenvalue weighted by Crippen LogP contribution is -2.48. The third-order valence-electron chi connectivity index (χ3n) is 5.24. The molecular formula is C23H26FN5O2S. The van der Waals surface area contributed by atoms with E-state index >= 15 is 0 Å². The number of anilines is 1. The van der Waals surface area contributed by atoms with E-state index in [1.54, 1.807) is 12.1 Å². The molecule has 2 aromatic carbocycles. The summed E-state index contributed by atoms with van der Waals surface area (Å²) in [5.74, 6) is 1.10. The van der Waals surface area contributed by atoms with E-state index < -0.39 is 0 Å². The quantitative estimate of drug-likeness (QED) is 0.535. The largest absolute Gasteiger partial charge is 0.484 e. The second-order valence-corrected chi connectivity index (χ2v) is 8.31. The number of hydrogen-bond donors (Lipinski definition) is 1. The molecule has 0 aliphatic carbocycles. The zero-order valence-corrected chi connectivity index (χ0v) is 18.6. The van der Waals surface area contributed by atoms with E-state index in [-0.39, 0.29) is 18.3 Å². The first-order valence-electron chi connectivity index (χ1n) is 10.6. The standard InChI is InChI=1S/C23H26FN5O2S/c24-19-8-6-18(7-9-19)16-21-26-23(32-27-21)29-14-12-28(13-15-29)11-10-25-22(30)17-31-20-4-2-1-3-5-20/h1-9H,10-17H2,(H,25,30). The molecule has 9 heteroatoms. The average molecular weight is 456 g/mol. The first kappa shape index (κ1) is 22.2. The van der Waals surface area contributed by atoms with Gasteiger partial charge in [0.2, 0.25) is 5.13 Å². The molecule has 0 saturated carbocycles. The molecule has 168 valence electrons. The number of halogens is 1. The Morgan fingerprint density at radius 3 is 2.56 bits per heavy atom. The van der Waals surface area contributed by atoms with Gasteiger partial charge in [0, 0.05) is 57.2 Å². The molecule has 0 bridgehead atoms. The number of rotatable bonds is 9. The minimum Gasteiger partial charge on any atom is -0.484 e. The molecule has 1 N–H and O–H groups in total. The SMILES string of the molecule is O=C(COc1ccccc1)NCCN1CCN(c2nc(Cc3ccc(F)cc3)ns2)CC1. The summed E-state index contributed by atoms with van der Waals surface area (Å²) >= 11 is 1.41. The number of amides is 1. The Kier molecular flexibility index (Phi) is 7.63. The van der Waals surface area contributed by atoms with Crippen LogP contribution in [0.15, 0.2) is 54.6 Å². The fourth-order valence-electron chi connectivity index (χ4n) is 3.46. The molecule has 0 atom stereocenters. The van der Waals surface area contributed by atoms with Gasteiger partial charge in [-0.25, -0.2) is 9.37 Å². The highest BCUT2D eigenvalue weighted by atomic mass is 32.1. The van der Waals surface area contributed by atoms with Gasteiger partial charge in [0.05, 0.1) is 0 Å². The van der Waals surface area contributed by atoms with Gasteiger partial charge in [0.25, 0.3) is 5.91 Å². The van der Waals surface area contributed by atoms with Gasteiger partial charge in [-0.1, -0.05) is 30.3 Å². The predicted octanol–water partition coefficient (Wildman–Crippen LogP) is 2.59. The van der Waals surface area contributed by atoms with E-state index in [9.17, 15) is 9.18 Å². The molecule has 3 aromatic rings. The molecular weight excluding hydrogens is 429 g/mol. The Morgan fingerprint density at radius 2 is 1.81 bits per heavy atom. The molecule has 1 amide bonds. The number of nitrogens with zero attached hydrogens (tertiary/aromatic N) is 4. The number of benzene rings is 2. The van der Waals surface area contributed by atoms with E-state index in [0.29, 0.717) is 18.7 Å². The summed E-state index contributed by atoms with van der Waals surface area (Å²) in [5, 5.41) is 3.83. The normalized spacial score (nSPS) is 14.3. The lowest BCUT2D eigenvalue weighted by molar-refractivity contribution is -0.123. The summed E-state index contributed by atoms with van der Waals surface area (Å²) in [4.78, 5) is 21.2. The van der Waals surface area contributed by atoms with E-state index in [2.05, 4.69) is 24.5 Å². The van der Waals surface area contributed by atoms with Crippen LogP contribution < -0.4 is 15.0 Å². The lowest BCUT2D eigenvalue weighted by atomic mass is 10.1. The molecule has 1 aliphatic heterocycles. The maximum Gasteiger partial charge on any atom is 0.257 e. The third kappa shape index (κ3) is 6.48. The van der Waals surface area contributed by atoms with Crippen molar-refractivity contribution in [3.05, 3.63) is 71.8 Å². The number of carbonyl (C=O) groups excluding carboxylic acids is 1. The van der Waals surface area contributed by atoms with Crippen LogP contribution in [0.5, 0.6) is 5.75 Å². The number of nitrogens with one attached hydrogen (secondary N) is 1. The monoisotopic (exact) mass is 455 g/mol. The zero-order chi connectivity index (χ0) is 22.2. The van der Waals surface area contributed by atoms with E-state index in [1.807, 2.05) is 30.3 Å². The number of para-hydroxylation sites is 1. The third-order valence-corrected chi connectivity index (χ3v) is 6.05. The van der Waals surface area contributed by atoms with Crippen LogP contribution in [-0.4, -0.2) is 66.0 Å². The minimum absolute atomic E-state index is 0.0229. The zero-order valence-electron chi connectivity index (χ0n) is 17.7. The number of carbonyl (C=O) groups is 1. The smallest absolute Gasteiger partial charge is 0.257 e. The van der Waals surface area contributed by atoms with Crippen LogP contribution in [0.2, 0.25) is 0 Å². The van der Waals surface area contributed by atoms with Crippen molar-refractivity contribution in [2.45, 2.75) is 6.42 Å². The Morgan fingerprint density at radius 1 is 1.06 bits per heavy atom. The highest BCUT2D eigenvalue weighted by Gasteiger charge is 2.20. The Hall–Kier alpha value is -3.04. The van der Waals surface area contributed by atoms with Crippen molar-refractivity contribution in [3.8, 4) is 5.75 Å². The Labute approximate surface area is 191 Å². The second-order valence-electron chi connectivity index (χ2n) is 7.58. The summed E-state index contributed by atoms with van der Waals surface area (Å²) in [5.41, 5.74) is 0.997. The van der Waals surface area contributed by atoms with Crippen molar-refractivity contribution >= 4 is 22.6 Å². The number of hydrogen-bond acceptors (Lipinski definition) is 7. The van der Waals surface area contributed by atoms with Gasteiger partial charge in [-0.3, -0.25) is 9.69 Å². The number of piperazine rings is 1. The molecule has 2 heterocycles. The van der Waals surface area contributed by atoms with E-state index in [4.69, 9.17) is 4.74 Å². The van der Waals surface area contributed by atoms with Crippen molar-refractivity contribution in [2.75, 3.05) is 50.8 Å². The predicted molar refractivity (Wildman–Crippen MR) is 123 cm³/mol. The summed E-state index contributed by atoms with van der Waals surface area (Å²) < 4.78 is 23.0. The van der Waals surface area contributed by atoms with Gasteiger partial charge in [-0.2, -0.15) is 4.37 Å². The molecule has 1 aliphatic rings. The van der Waals surface area contributed by atoms with Crippen LogP contribution in [0.1, 0.15) is 11.4 Å². The molecule has 1 aromatic heterocycles. The van der Waals surface area contributed by atoms with Crippen LogP contribution in [0.4, 0.5) is 9.52 Å². The molecule has 1 fully saturated rings.